The van der Waals surface area contributed by atoms with Gasteiger partial charge in [0.25, 0.3) is 0 Å². The summed E-state index contributed by atoms with van der Waals surface area (Å²) >= 11 is 0. The molecule has 5 heteroatoms. The summed E-state index contributed by atoms with van der Waals surface area (Å²) in [5, 5.41) is 5.69. The van der Waals surface area contributed by atoms with Crippen LogP contribution in [-0.4, -0.2) is 30.9 Å². The van der Waals surface area contributed by atoms with Crippen molar-refractivity contribution in [3.8, 4) is 0 Å². The van der Waals surface area contributed by atoms with Gasteiger partial charge in [0.1, 0.15) is 0 Å². The summed E-state index contributed by atoms with van der Waals surface area (Å²) in [5.41, 5.74) is 5.41. The summed E-state index contributed by atoms with van der Waals surface area (Å²) < 4.78 is 0. The Bertz CT molecular complexity index is 311. The van der Waals surface area contributed by atoms with Crippen LogP contribution in [0.15, 0.2) is 0 Å². The van der Waals surface area contributed by atoms with Gasteiger partial charge in [-0.2, -0.15) is 0 Å². The summed E-state index contributed by atoms with van der Waals surface area (Å²) in [6.45, 7) is 0.957. The molecule has 1 aliphatic heterocycles. The van der Waals surface area contributed by atoms with Crippen molar-refractivity contribution in [1.29, 1.82) is 0 Å². The van der Waals surface area contributed by atoms with Crippen LogP contribution in [0.5, 0.6) is 0 Å². The van der Waals surface area contributed by atoms with Gasteiger partial charge in [0.05, 0.1) is 11.5 Å². The Hall–Kier alpha value is -1.10. The van der Waals surface area contributed by atoms with Crippen molar-refractivity contribution in [3.05, 3.63) is 0 Å². The smallest absolute Gasteiger partial charge is 0.227 e. The van der Waals surface area contributed by atoms with Gasteiger partial charge < -0.3 is 16.4 Å². The molecule has 0 spiro atoms. The molecule has 0 aromatic rings. The monoisotopic (exact) mass is 239 g/mol. The van der Waals surface area contributed by atoms with E-state index >= 15 is 0 Å². The van der Waals surface area contributed by atoms with Crippen molar-refractivity contribution in [3.63, 3.8) is 0 Å². The molecule has 1 heterocycles. The first-order chi connectivity index (χ1) is 8.16. The van der Waals surface area contributed by atoms with E-state index in [2.05, 4.69) is 10.6 Å². The number of hydrogen-bond donors (Lipinski definition) is 3. The van der Waals surface area contributed by atoms with Crippen molar-refractivity contribution in [2.24, 2.45) is 11.1 Å². The maximum Gasteiger partial charge on any atom is 0.227 e. The van der Waals surface area contributed by atoms with E-state index in [0.29, 0.717) is 19.5 Å². The van der Waals surface area contributed by atoms with E-state index in [1.54, 1.807) is 0 Å². The second-order valence-corrected chi connectivity index (χ2v) is 5.22. The lowest BCUT2D eigenvalue weighted by molar-refractivity contribution is -0.133. The maximum absolute atomic E-state index is 12.3. The summed E-state index contributed by atoms with van der Waals surface area (Å²) in [5.74, 6) is 0.0574. The van der Waals surface area contributed by atoms with Gasteiger partial charge in [-0.05, 0) is 12.8 Å². The largest absolute Gasteiger partial charge is 0.354 e. The third-order valence-corrected chi connectivity index (χ3v) is 4.00. The van der Waals surface area contributed by atoms with E-state index in [1.165, 1.54) is 6.42 Å². The molecule has 96 valence electrons. The summed E-state index contributed by atoms with van der Waals surface area (Å²) in [7, 11) is 0. The molecule has 1 unspecified atom stereocenters. The molecule has 2 rings (SSSR count). The fourth-order valence-electron chi connectivity index (χ4n) is 2.80. The lowest BCUT2D eigenvalue weighted by atomic mass is 9.73. The summed E-state index contributed by atoms with van der Waals surface area (Å²) in [4.78, 5) is 23.4. The van der Waals surface area contributed by atoms with Crippen LogP contribution in [0.25, 0.3) is 0 Å². The molecule has 0 aromatic carbocycles. The second kappa shape index (κ2) is 5.04. The molecule has 2 fully saturated rings. The topological polar surface area (TPSA) is 84.2 Å². The van der Waals surface area contributed by atoms with Crippen LogP contribution in [0, 0.1) is 5.41 Å². The summed E-state index contributed by atoms with van der Waals surface area (Å²) in [6.07, 6.45) is 5.50. The van der Waals surface area contributed by atoms with Gasteiger partial charge in [0.2, 0.25) is 11.8 Å². The molecule has 4 N–H and O–H groups in total. The van der Waals surface area contributed by atoms with Crippen molar-refractivity contribution in [2.75, 3.05) is 13.1 Å². The minimum atomic E-state index is -0.385. The van der Waals surface area contributed by atoms with Crippen molar-refractivity contribution >= 4 is 11.8 Å². The maximum atomic E-state index is 12.3. The van der Waals surface area contributed by atoms with Crippen LogP contribution in [0.4, 0.5) is 0 Å². The quantitative estimate of drug-likeness (QED) is 0.643. The fourth-order valence-corrected chi connectivity index (χ4v) is 2.80. The van der Waals surface area contributed by atoms with Gasteiger partial charge >= 0.3 is 0 Å². The molecule has 17 heavy (non-hydrogen) atoms. The molecule has 0 aromatic heterocycles. The van der Waals surface area contributed by atoms with Crippen molar-refractivity contribution < 1.29 is 9.59 Å². The Balaban J connectivity index is 1.95. The molecule has 2 amide bonds. The van der Waals surface area contributed by atoms with E-state index in [9.17, 15) is 9.59 Å². The number of rotatable bonds is 3. The van der Waals surface area contributed by atoms with Gasteiger partial charge in [0, 0.05) is 19.5 Å². The average molecular weight is 239 g/mol. The molecule has 5 nitrogen and oxygen atoms in total. The molecule has 1 saturated heterocycles. The van der Waals surface area contributed by atoms with Gasteiger partial charge in [-0.15, -0.1) is 0 Å². The zero-order chi connectivity index (χ0) is 12.3. The third-order valence-electron chi connectivity index (χ3n) is 4.00. The highest BCUT2D eigenvalue weighted by Gasteiger charge is 2.39. The van der Waals surface area contributed by atoms with Crippen LogP contribution < -0.4 is 16.4 Å². The van der Waals surface area contributed by atoms with E-state index in [-0.39, 0.29) is 23.3 Å². The SMILES string of the molecule is NCC1(C(=O)NC2CNC(=O)C2)CCCCC1. The Morgan fingerprint density at radius 1 is 1.41 bits per heavy atom. The first-order valence-electron chi connectivity index (χ1n) is 6.44. The molecule has 1 aliphatic carbocycles. The predicted octanol–water partition coefficient (Wildman–Crippen LogP) is -0.0997. The van der Waals surface area contributed by atoms with E-state index in [1.807, 2.05) is 0 Å². The average Bonchev–Trinajstić information content (AvgIpc) is 2.75. The first kappa shape index (κ1) is 12.4. The van der Waals surface area contributed by atoms with Gasteiger partial charge in [-0.3, -0.25) is 9.59 Å². The molecular formula is C12H21N3O2. The molecule has 2 aliphatic rings. The van der Waals surface area contributed by atoms with Crippen LogP contribution in [0.1, 0.15) is 38.5 Å². The van der Waals surface area contributed by atoms with Crippen LogP contribution >= 0.6 is 0 Å². The first-order valence-corrected chi connectivity index (χ1v) is 6.44. The normalized spacial score (nSPS) is 27.6. The number of carbonyl (C=O) groups excluding carboxylic acids is 2. The third kappa shape index (κ3) is 2.60. The standard InChI is InChI=1S/C12H21N3O2/c13-8-12(4-2-1-3-5-12)11(17)15-9-6-10(16)14-7-9/h9H,1-8,13H2,(H,14,16)(H,15,17). The highest BCUT2D eigenvalue weighted by molar-refractivity contribution is 5.85. The molecular weight excluding hydrogens is 218 g/mol. The zero-order valence-corrected chi connectivity index (χ0v) is 10.1. The van der Waals surface area contributed by atoms with Gasteiger partial charge in [0.15, 0.2) is 0 Å². The van der Waals surface area contributed by atoms with Gasteiger partial charge in [-0.25, -0.2) is 0 Å². The zero-order valence-electron chi connectivity index (χ0n) is 10.1. The van der Waals surface area contributed by atoms with Crippen LogP contribution in [0.2, 0.25) is 0 Å². The van der Waals surface area contributed by atoms with Crippen molar-refractivity contribution in [1.82, 2.24) is 10.6 Å². The van der Waals surface area contributed by atoms with Crippen LogP contribution in [0.3, 0.4) is 0 Å². The highest BCUT2D eigenvalue weighted by Crippen LogP contribution is 2.35. The second-order valence-electron chi connectivity index (χ2n) is 5.22. The number of nitrogens with two attached hydrogens (primary N) is 1. The number of carbonyl (C=O) groups is 2. The minimum absolute atomic E-state index is 0.0146. The van der Waals surface area contributed by atoms with Gasteiger partial charge in [-0.1, -0.05) is 19.3 Å². The molecule has 0 radical (unpaired) electrons. The molecule has 1 atom stereocenters. The van der Waals surface area contributed by atoms with Crippen molar-refractivity contribution in [2.45, 2.75) is 44.6 Å². The minimum Gasteiger partial charge on any atom is -0.354 e. The Kier molecular flexibility index (Phi) is 3.66. The predicted molar refractivity (Wildman–Crippen MR) is 64.1 cm³/mol. The number of hydrogen-bond acceptors (Lipinski definition) is 3. The fraction of sp³-hybridized carbons (Fsp3) is 0.833. The van der Waals surface area contributed by atoms with E-state index in [4.69, 9.17) is 5.73 Å². The van der Waals surface area contributed by atoms with Crippen LogP contribution in [-0.2, 0) is 9.59 Å². The van der Waals surface area contributed by atoms with E-state index in [0.717, 1.165) is 25.7 Å². The summed E-state index contributed by atoms with van der Waals surface area (Å²) in [6, 6.07) is -0.0552. The Labute approximate surface area is 102 Å². The molecule has 1 saturated carbocycles. The molecule has 0 bridgehead atoms. The Morgan fingerprint density at radius 2 is 2.12 bits per heavy atom. The lowest BCUT2D eigenvalue weighted by Gasteiger charge is -2.35. The van der Waals surface area contributed by atoms with E-state index < -0.39 is 0 Å². The highest BCUT2D eigenvalue weighted by atomic mass is 16.2. The number of amides is 2. The lowest BCUT2D eigenvalue weighted by Crippen LogP contribution is -2.50. The number of nitrogens with one attached hydrogen (secondary N) is 2. The Morgan fingerprint density at radius 3 is 2.65 bits per heavy atom.